The summed E-state index contributed by atoms with van der Waals surface area (Å²) in [5.74, 6) is 1.95. The minimum Gasteiger partial charge on any atom is -0.490 e. The molecule has 1 aromatic carbocycles. The zero-order valence-corrected chi connectivity index (χ0v) is 13.4. The summed E-state index contributed by atoms with van der Waals surface area (Å²) in [5.41, 5.74) is 6.21. The van der Waals surface area contributed by atoms with Crippen molar-refractivity contribution in [2.75, 3.05) is 19.8 Å². The number of nitrogens with two attached hydrogens (primary N) is 1. The highest BCUT2D eigenvalue weighted by Crippen LogP contribution is 2.29. The van der Waals surface area contributed by atoms with E-state index in [4.69, 9.17) is 15.2 Å². The Balaban J connectivity index is 2.73. The normalized spacial score (nSPS) is 12.0. The van der Waals surface area contributed by atoms with Gasteiger partial charge in [-0.05, 0) is 57.4 Å². The molecule has 1 rings (SSSR count). The fraction of sp³-hybridized carbons (Fsp3) is 0.588. The lowest BCUT2D eigenvalue weighted by atomic mass is 9.97. The number of benzene rings is 1. The lowest BCUT2D eigenvalue weighted by Gasteiger charge is -2.13. The highest BCUT2D eigenvalue weighted by Gasteiger charge is 2.12. The van der Waals surface area contributed by atoms with Gasteiger partial charge in [-0.1, -0.05) is 6.92 Å². The van der Waals surface area contributed by atoms with Gasteiger partial charge in [0.2, 0.25) is 0 Å². The van der Waals surface area contributed by atoms with E-state index in [1.165, 1.54) is 0 Å². The minimum absolute atomic E-state index is 0.142. The molecule has 0 aromatic heterocycles. The molecule has 21 heavy (non-hydrogen) atoms. The van der Waals surface area contributed by atoms with E-state index < -0.39 is 0 Å². The van der Waals surface area contributed by atoms with Crippen LogP contribution in [0.5, 0.6) is 11.5 Å². The predicted octanol–water partition coefficient (Wildman–Crippen LogP) is 3.43. The molecule has 2 N–H and O–H groups in total. The summed E-state index contributed by atoms with van der Waals surface area (Å²) in [6, 6.07) is 5.40. The van der Waals surface area contributed by atoms with Crippen LogP contribution in [0, 0.1) is 5.92 Å². The third-order valence-electron chi connectivity index (χ3n) is 3.39. The van der Waals surface area contributed by atoms with Crippen molar-refractivity contribution in [2.45, 2.75) is 40.0 Å². The molecule has 0 saturated carbocycles. The fourth-order valence-corrected chi connectivity index (χ4v) is 2.18. The van der Waals surface area contributed by atoms with Crippen LogP contribution in [0.15, 0.2) is 18.2 Å². The second-order valence-electron chi connectivity index (χ2n) is 5.17. The molecule has 118 valence electrons. The minimum atomic E-state index is 0.142. The van der Waals surface area contributed by atoms with Crippen LogP contribution in [0.25, 0.3) is 0 Å². The summed E-state index contributed by atoms with van der Waals surface area (Å²) in [5, 5.41) is 0. The van der Waals surface area contributed by atoms with Crippen LogP contribution in [0.2, 0.25) is 0 Å². The largest absolute Gasteiger partial charge is 0.490 e. The van der Waals surface area contributed by atoms with E-state index >= 15 is 0 Å². The average molecular weight is 293 g/mol. The number of ether oxygens (including phenoxy) is 2. The van der Waals surface area contributed by atoms with Gasteiger partial charge in [0.1, 0.15) is 0 Å². The van der Waals surface area contributed by atoms with Gasteiger partial charge in [-0.2, -0.15) is 0 Å². The van der Waals surface area contributed by atoms with E-state index in [0.29, 0.717) is 49.2 Å². The van der Waals surface area contributed by atoms with E-state index in [-0.39, 0.29) is 5.78 Å². The van der Waals surface area contributed by atoms with E-state index in [9.17, 15) is 4.79 Å². The molecule has 0 saturated heterocycles. The van der Waals surface area contributed by atoms with Gasteiger partial charge in [-0.3, -0.25) is 4.79 Å². The van der Waals surface area contributed by atoms with Crippen molar-refractivity contribution in [2.24, 2.45) is 11.7 Å². The molecule has 4 nitrogen and oxygen atoms in total. The predicted molar refractivity (Wildman–Crippen MR) is 85.2 cm³/mol. The standard InChI is InChI=1S/C17H27NO3/c1-4-20-16-9-7-14(12-17(16)21-5-2)15(19)8-6-13(3)10-11-18/h7,9,12-13H,4-6,8,10-11,18H2,1-3H3. The van der Waals surface area contributed by atoms with E-state index in [0.717, 1.165) is 12.8 Å². The second kappa shape index (κ2) is 9.40. The van der Waals surface area contributed by atoms with Gasteiger partial charge in [0.25, 0.3) is 0 Å². The maximum Gasteiger partial charge on any atom is 0.163 e. The van der Waals surface area contributed by atoms with Crippen LogP contribution in [-0.2, 0) is 0 Å². The number of Topliss-reactive ketones (excluding diaryl/α,β-unsaturated/α-hetero) is 1. The van der Waals surface area contributed by atoms with Crippen molar-refractivity contribution in [3.8, 4) is 11.5 Å². The quantitative estimate of drug-likeness (QED) is 0.671. The van der Waals surface area contributed by atoms with Crippen LogP contribution in [0.1, 0.15) is 50.4 Å². The average Bonchev–Trinajstić information content (AvgIpc) is 2.47. The van der Waals surface area contributed by atoms with Gasteiger partial charge >= 0.3 is 0 Å². The lowest BCUT2D eigenvalue weighted by Crippen LogP contribution is -2.08. The van der Waals surface area contributed by atoms with Crippen LogP contribution >= 0.6 is 0 Å². The molecule has 0 bridgehead atoms. The molecule has 0 aliphatic rings. The molecule has 0 amide bonds. The number of rotatable bonds is 10. The van der Waals surface area contributed by atoms with Crippen molar-refractivity contribution < 1.29 is 14.3 Å². The Morgan fingerprint density at radius 3 is 2.43 bits per heavy atom. The van der Waals surface area contributed by atoms with E-state index in [1.807, 2.05) is 26.0 Å². The smallest absolute Gasteiger partial charge is 0.163 e. The summed E-state index contributed by atoms with van der Waals surface area (Å²) in [6.07, 6.45) is 2.37. The molecular formula is C17H27NO3. The number of ketones is 1. The summed E-state index contributed by atoms with van der Waals surface area (Å²) < 4.78 is 11.1. The SMILES string of the molecule is CCOc1ccc(C(=O)CCC(C)CCN)cc1OCC. The van der Waals surface area contributed by atoms with Gasteiger partial charge in [-0.25, -0.2) is 0 Å². The zero-order valence-electron chi connectivity index (χ0n) is 13.4. The molecule has 0 aliphatic heterocycles. The second-order valence-corrected chi connectivity index (χ2v) is 5.17. The van der Waals surface area contributed by atoms with Crippen LogP contribution in [0.4, 0.5) is 0 Å². The first-order valence-corrected chi connectivity index (χ1v) is 7.75. The highest BCUT2D eigenvalue weighted by atomic mass is 16.5. The van der Waals surface area contributed by atoms with E-state index in [2.05, 4.69) is 6.92 Å². The van der Waals surface area contributed by atoms with Gasteiger partial charge < -0.3 is 15.2 Å². The Bertz CT molecular complexity index is 446. The molecule has 1 aromatic rings. The van der Waals surface area contributed by atoms with Gasteiger partial charge in [0.05, 0.1) is 13.2 Å². The van der Waals surface area contributed by atoms with Gasteiger partial charge in [0, 0.05) is 12.0 Å². The number of hydrogen-bond acceptors (Lipinski definition) is 4. The van der Waals surface area contributed by atoms with E-state index in [1.54, 1.807) is 6.07 Å². The number of carbonyl (C=O) groups excluding carboxylic acids is 1. The Hall–Kier alpha value is -1.55. The Kier molecular flexibility index (Phi) is 7.83. The monoisotopic (exact) mass is 293 g/mol. The third-order valence-corrected chi connectivity index (χ3v) is 3.39. The first-order chi connectivity index (χ1) is 10.1. The Morgan fingerprint density at radius 1 is 1.14 bits per heavy atom. The lowest BCUT2D eigenvalue weighted by molar-refractivity contribution is 0.0973. The maximum absolute atomic E-state index is 12.3. The summed E-state index contributed by atoms with van der Waals surface area (Å²) in [7, 11) is 0. The van der Waals surface area contributed by atoms with Crippen molar-refractivity contribution in [3.05, 3.63) is 23.8 Å². The molecule has 0 fully saturated rings. The third kappa shape index (κ3) is 5.76. The zero-order chi connectivity index (χ0) is 15.7. The Labute approximate surface area is 127 Å². The molecule has 0 spiro atoms. The van der Waals surface area contributed by atoms with Crippen molar-refractivity contribution in [1.29, 1.82) is 0 Å². The number of carbonyl (C=O) groups is 1. The van der Waals surface area contributed by atoms with Crippen molar-refractivity contribution in [3.63, 3.8) is 0 Å². The first kappa shape index (κ1) is 17.5. The van der Waals surface area contributed by atoms with Gasteiger partial charge in [-0.15, -0.1) is 0 Å². The fourth-order valence-electron chi connectivity index (χ4n) is 2.18. The molecule has 1 unspecified atom stereocenters. The van der Waals surface area contributed by atoms with Gasteiger partial charge in [0.15, 0.2) is 17.3 Å². The molecule has 0 heterocycles. The van der Waals surface area contributed by atoms with Crippen LogP contribution < -0.4 is 15.2 Å². The maximum atomic E-state index is 12.3. The molecule has 0 radical (unpaired) electrons. The van der Waals surface area contributed by atoms with Crippen molar-refractivity contribution in [1.82, 2.24) is 0 Å². The summed E-state index contributed by atoms with van der Waals surface area (Å²) in [4.78, 5) is 12.3. The molecule has 4 heteroatoms. The Morgan fingerprint density at radius 2 is 1.81 bits per heavy atom. The van der Waals surface area contributed by atoms with Crippen LogP contribution in [-0.4, -0.2) is 25.5 Å². The summed E-state index contributed by atoms with van der Waals surface area (Å²) in [6.45, 7) is 7.76. The molecule has 1 atom stereocenters. The highest BCUT2D eigenvalue weighted by molar-refractivity contribution is 5.96. The number of hydrogen-bond donors (Lipinski definition) is 1. The topological polar surface area (TPSA) is 61.5 Å². The molecular weight excluding hydrogens is 266 g/mol. The summed E-state index contributed by atoms with van der Waals surface area (Å²) >= 11 is 0. The van der Waals surface area contributed by atoms with Crippen molar-refractivity contribution >= 4 is 5.78 Å². The first-order valence-electron chi connectivity index (χ1n) is 7.75. The van der Waals surface area contributed by atoms with Crippen LogP contribution in [0.3, 0.4) is 0 Å². The molecule has 0 aliphatic carbocycles.